The maximum Gasteiger partial charge on any atom is 0.141 e. The van der Waals surface area contributed by atoms with Gasteiger partial charge in [-0.3, -0.25) is 4.98 Å². The molecule has 0 bridgehead atoms. The second-order valence-corrected chi connectivity index (χ2v) is 10.2. The van der Waals surface area contributed by atoms with E-state index in [1.807, 2.05) is 13.0 Å². The fourth-order valence-corrected chi connectivity index (χ4v) is 5.53. The summed E-state index contributed by atoms with van der Waals surface area (Å²) < 4.78 is 31.4. The fraction of sp³-hybridized carbons (Fsp3) is 0.444. The maximum atomic E-state index is 15.4. The summed E-state index contributed by atoms with van der Waals surface area (Å²) in [6.45, 7) is 14.7. The minimum atomic E-state index is -0.369. The standard InChI is InChI=1S/C27H34F2N2S/c1-9-20-17(4)26(31(32-8)16(2)3)25(23-11-10-19(28)15-30-23)18(5)24(20)21-12-13-27(6,7)14-22(21)29/h10-13,15-16H,9,14H2,1-8H3. The minimum Gasteiger partial charge on any atom is -0.313 e. The van der Waals surface area contributed by atoms with Crippen molar-refractivity contribution in [2.75, 3.05) is 10.6 Å². The van der Waals surface area contributed by atoms with Gasteiger partial charge in [0.25, 0.3) is 0 Å². The number of nitrogens with zero attached hydrogens (tertiary/aromatic N) is 2. The lowest BCUT2D eigenvalue weighted by Crippen LogP contribution is -2.25. The molecule has 0 saturated heterocycles. The highest BCUT2D eigenvalue weighted by atomic mass is 32.2. The highest BCUT2D eigenvalue weighted by Crippen LogP contribution is 2.47. The number of halogens is 2. The van der Waals surface area contributed by atoms with E-state index in [-0.39, 0.29) is 23.1 Å². The van der Waals surface area contributed by atoms with E-state index in [0.29, 0.717) is 17.7 Å². The van der Waals surface area contributed by atoms with E-state index in [2.05, 4.69) is 63.2 Å². The van der Waals surface area contributed by atoms with Crippen molar-refractivity contribution >= 4 is 23.2 Å². The Kier molecular flexibility index (Phi) is 7.18. The van der Waals surface area contributed by atoms with Crippen LogP contribution in [0.5, 0.6) is 0 Å². The van der Waals surface area contributed by atoms with Gasteiger partial charge in [0.05, 0.1) is 17.6 Å². The van der Waals surface area contributed by atoms with E-state index in [9.17, 15) is 4.39 Å². The molecular weight excluding hydrogens is 422 g/mol. The first-order valence-corrected chi connectivity index (χ1v) is 12.4. The van der Waals surface area contributed by atoms with Gasteiger partial charge in [0, 0.05) is 29.9 Å². The summed E-state index contributed by atoms with van der Waals surface area (Å²) in [6.07, 6.45) is 8.53. The molecule has 3 rings (SSSR count). The average Bonchev–Trinajstić information content (AvgIpc) is 2.71. The van der Waals surface area contributed by atoms with Gasteiger partial charge in [0.1, 0.15) is 11.6 Å². The molecule has 0 amide bonds. The first-order valence-electron chi connectivity index (χ1n) is 11.2. The van der Waals surface area contributed by atoms with E-state index in [1.165, 1.54) is 12.3 Å². The Bertz CT molecular complexity index is 1070. The van der Waals surface area contributed by atoms with Crippen LogP contribution in [-0.4, -0.2) is 17.3 Å². The molecule has 32 heavy (non-hydrogen) atoms. The van der Waals surface area contributed by atoms with Crippen molar-refractivity contribution in [1.82, 2.24) is 4.98 Å². The summed E-state index contributed by atoms with van der Waals surface area (Å²) in [7, 11) is 0. The van der Waals surface area contributed by atoms with Gasteiger partial charge in [-0.2, -0.15) is 0 Å². The maximum absolute atomic E-state index is 15.4. The van der Waals surface area contributed by atoms with Gasteiger partial charge in [0.2, 0.25) is 0 Å². The number of hydrogen-bond donors (Lipinski definition) is 0. The van der Waals surface area contributed by atoms with Crippen LogP contribution in [-0.2, 0) is 6.42 Å². The molecule has 1 aliphatic carbocycles. The van der Waals surface area contributed by atoms with Crippen LogP contribution >= 0.6 is 11.9 Å². The average molecular weight is 457 g/mol. The Balaban J connectivity index is 2.43. The molecule has 0 spiro atoms. The summed E-state index contributed by atoms with van der Waals surface area (Å²) >= 11 is 1.66. The molecule has 0 fully saturated rings. The van der Waals surface area contributed by atoms with Crippen LogP contribution in [0.3, 0.4) is 0 Å². The summed E-state index contributed by atoms with van der Waals surface area (Å²) in [4.78, 5) is 4.43. The first kappa shape index (κ1) is 24.5. The van der Waals surface area contributed by atoms with Crippen molar-refractivity contribution in [2.24, 2.45) is 5.41 Å². The Morgan fingerprint density at radius 3 is 2.31 bits per heavy atom. The largest absolute Gasteiger partial charge is 0.313 e. The Labute approximate surface area is 196 Å². The minimum absolute atomic E-state index is 0.0777. The molecule has 1 aromatic heterocycles. The van der Waals surface area contributed by atoms with Crippen molar-refractivity contribution in [1.29, 1.82) is 0 Å². The summed E-state index contributed by atoms with van der Waals surface area (Å²) in [6, 6.07) is 3.40. The quantitative estimate of drug-likeness (QED) is 0.407. The van der Waals surface area contributed by atoms with E-state index in [4.69, 9.17) is 0 Å². The molecule has 0 aliphatic heterocycles. The van der Waals surface area contributed by atoms with Crippen molar-refractivity contribution in [3.05, 3.63) is 64.4 Å². The zero-order chi connectivity index (χ0) is 23.8. The molecule has 2 aromatic rings. The number of allylic oxidation sites excluding steroid dienone is 4. The molecule has 0 unspecified atom stereocenters. The van der Waals surface area contributed by atoms with Crippen LogP contribution in [0.2, 0.25) is 0 Å². The van der Waals surface area contributed by atoms with Crippen LogP contribution in [0.15, 0.2) is 36.3 Å². The van der Waals surface area contributed by atoms with E-state index in [1.54, 1.807) is 18.0 Å². The molecule has 0 N–H and O–H groups in total. The molecule has 1 aliphatic rings. The second kappa shape index (κ2) is 9.38. The normalized spacial score (nSPS) is 15.6. The van der Waals surface area contributed by atoms with Crippen LogP contribution in [0.4, 0.5) is 14.5 Å². The van der Waals surface area contributed by atoms with Gasteiger partial charge >= 0.3 is 0 Å². The predicted octanol–water partition coefficient (Wildman–Crippen LogP) is 8.23. The van der Waals surface area contributed by atoms with Gasteiger partial charge in [-0.1, -0.05) is 44.9 Å². The van der Waals surface area contributed by atoms with E-state index in [0.717, 1.165) is 39.9 Å². The van der Waals surface area contributed by atoms with Crippen molar-refractivity contribution < 1.29 is 8.78 Å². The highest BCUT2D eigenvalue weighted by Gasteiger charge is 2.30. The lowest BCUT2D eigenvalue weighted by molar-refractivity contribution is 0.415. The zero-order valence-electron chi connectivity index (χ0n) is 20.4. The van der Waals surface area contributed by atoms with Crippen LogP contribution in [0, 0.1) is 25.1 Å². The van der Waals surface area contributed by atoms with Gasteiger partial charge < -0.3 is 4.31 Å². The molecule has 0 saturated carbocycles. The van der Waals surface area contributed by atoms with Crippen molar-refractivity contribution in [2.45, 2.75) is 67.3 Å². The fourth-order valence-electron chi connectivity index (χ4n) is 4.70. The number of benzene rings is 1. The van der Waals surface area contributed by atoms with Gasteiger partial charge in [-0.05, 0) is 73.9 Å². The van der Waals surface area contributed by atoms with E-state index < -0.39 is 0 Å². The smallest absolute Gasteiger partial charge is 0.141 e. The molecule has 2 nitrogen and oxygen atoms in total. The van der Waals surface area contributed by atoms with Crippen LogP contribution in [0.25, 0.3) is 16.8 Å². The topological polar surface area (TPSA) is 16.1 Å². The Morgan fingerprint density at radius 1 is 1.12 bits per heavy atom. The summed E-state index contributed by atoms with van der Waals surface area (Å²) in [5, 5.41) is 0. The monoisotopic (exact) mass is 456 g/mol. The SMILES string of the molecule is CCc1c(C)c(N(SC)C(C)C)c(-c2ccc(F)cn2)c(C)c1C1=C(F)CC(C)(C)C=C1. The third-order valence-electron chi connectivity index (χ3n) is 6.19. The zero-order valence-corrected chi connectivity index (χ0v) is 21.3. The summed E-state index contributed by atoms with van der Waals surface area (Å²) in [5.74, 6) is -0.446. The molecular formula is C27H34F2N2S. The molecule has 0 radical (unpaired) electrons. The molecule has 172 valence electrons. The number of rotatable bonds is 6. The van der Waals surface area contributed by atoms with Crippen LogP contribution in [0.1, 0.15) is 63.3 Å². The number of anilines is 1. The van der Waals surface area contributed by atoms with Crippen molar-refractivity contribution in [3.63, 3.8) is 0 Å². The molecule has 0 atom stereocenters. The highest BCUT2D eigenvalue weighted by molar-refractivity contribution is 8.00. The first-order chi connectivity index (χ1) is 15.0. The van der Waals surface area contributed by atoms with E-state index >= 15 is 4.39 Å². The summed E-state index contributed by atoms with van der Waals surface area (Å²) in [5.41, 5.74) is 7.39. The van der Waals surface area contributed by atoms with Gasteiger partial charge in [-0.15, -0.1) is 0 Å². The molecule has 1 aromatic carbocycles. The lowest BCUT2D eigenvalue weighted by atomic mass is 9.78. The second-order valence-electron chi connectivity index (χ2n) is 9.46. The Morgan fingerprint density at radius 2 is 1.81 bits per heavy atom. The lowest BCUT2D eigenvalue weighted by Gasteiger charge is -2.34. The number of pyridine rings is 1. The third-order valence-corrected chi connectivity index (χ3v) is 7.19. The number of aromatic nitrogens is 1. The predicted molar refractivity (Wildman–Crippen MR) is 135 cm³/mol. The third kappa shape index (κ3) is 4.50. The van der Waals surface area contributed by atoms with Gasteiger partial charge in [0.15, 0.2) is 0 Å². The van der Waals surface area contributed by atoms with Crippen molar-refractivity contribution in [3.8, 4) is 11.3 Å². The number of hydrogen-bond acceptors (Lipinski definition) is 3. The Hall–Kier alpha value is -2.14. The molecule has 1 heterocycles. The molecule has 5 heteroatoms. The van der Waals surface area contributed by atoms with Crippen LogP contribution < -0.4 is 4.31 Å². The van der Waals surface area contributed by atoms with Gasteiger partial charge in [-0.25, -0.2) is 8.78 Å².